The number of phenolic OH excluding ortho intramolecular Hbond substituents is 2. The van der Waals surface area contributed by atoms with E-state index in [1.165, 1.54) is 24.3 Å². The second-order valence-electron chi connectivity index (χ2n) is 4.40. The molecule has 100 valence electrons. The molecule has 4 N–H and O–H groups in total. The van der Waals surface area contributed by atoms with Gasteiger partial charge in [0, 0.05) is 17.8 Å². The summed E-state index contributed by atoms with van der Waals surface area (Å²) in [5, 5.41) is 19.4. The second-order valence-corrected chi connectivity index (χ2v) is 4.40. The molecule has 0 fully saturated rings. The van der Waals surface area contributed by atoms with E-state index in [0.29, 0.717) is 22.2 Å². The third-order valence-electron chi connectivity index (χ3n) is 3.03. The van der Waals surface area contributed by atoms with Crippen molar-refractivity contribution in [3.05, 3.63) is 52.7 Å². The van der Waals surface area contributed by atoms with E-state index < -0.39 is 0 Å². The molecule has 0 aliphatic heterocycles. The molecule has 0 radical (unpaired) electrons. The number of fused-ring (bicyclic) bond motifs is 1. The van der Waals surface area contributed by atoms with Crippen LogP contribution in [0.1, 0.15) is 0 Å². The summed E-state index contributed by atoms with van der Waals surface area (Å²) in [6, 6.07) is 10.3. The smallest absolute Gasteiger partial charge is 0.195 e. The Bertz CT molecular complexity index is 867. The maximum absolute atomic E-state index is 12.1. The molecule has 5 heteroatoms. The highest BCUT2D eigenvalue weighted by Gasteiger charge is 2.12. The van der Waals surface area contributed by atoms with E-state index in [4.69, 9.17) is 10.2 Å². The minimum Gasteiger partial charge on any atom is -0.508 e. The van der Waals surface area contributed by atoms with Crippen LogP contribution in [-0.2, 0) is 0 Å². The maximum Gasteiger partial charge on any atom is 0.195 e. The van der Waals surface area contributed by atoms with Crippen LogP contribution in [-0.4, -0.2) is 10.2 Å². The van der Waals surface area contributed by atoms with Crippen molar-refractivity contribution in [2.24, 2.45) is 0 Å². The molecular formula is C15H11NO4. The fourth-order valence-corrected chi connectivity index (χ4v) is 2.10. The molecular weight excluding hydrogens is 258 g/mol. The lowest BCUT2D eigenvalue weighted by molar-refractivity contribution is 0.450. The molecule has 5 nitrogen and oxygen atoms in total. The Morgan fingerprint density at radius 2 is 1.85 bits per heavy atom. The maximum atomic E-state index is 12.1. The molecule has 1 aromatic heterocycles. The summed E-state index contributed by atoms with van der Waals surface area (Å²) in [6.07, 6.45) is 0. The third-order valence-corrected chi connectivity index (χ3v) is 3.03. The van der Waals surface area contributed by atoms with E-state index in [1.54, 1.807) is 18.2 Å². The normalized spacial score (nSPS) is 10.8. The standard InChI is InChI=1S/C15H11NO4/c16-10-2-1-3-13-15(10)12(19)7-14(20-13)9-5-4-8(17)6-11(9)18/h1-7,17-18H,16H2. The van der Waals surface area contributed by atoms with Gasteiger partial charge in [-0.25, -0.2) is 0 Å². The molecule has 3 rings (SSSR count). The lowest BCUT2D eigenvalue weighted by Gasteiger charge is -2.06. The van der Waals surface area contributed by atoms with Gasteiger partial charge in [0.2, 0.25) is 0 Å². The van der Waals surface area contributed by atoms with Crippen molar-refractivity contribution in [2.75, 3.05) is 5.73 Å². The van der Waals surface area contributed by atoms with Gasteiger partial charge in [0.1, 0.15) is 22.8 Å². The van der Waals surface area contributed by atoms with Crippen LogP contribution in [0.4, 0.5) is 5.69 Å². The van der Waals surface area contributed by atoms with E-state index in [2.05, 4.69) is 0 Å². The van der Waals surface area contributed by atoms with Gasteiger partial charge >= 0.3 is 0 Å². The second kappa shape index (κ2) is 4.31. The number of nitrogens with two attached hydrogens (primary N) is 1. The van der Waals surface area contributed by atoms with Gasteiger partial charge in [-0.1, -0.05) is 6.07 Å². The number of hydrogen-bond acceptors (Lipinski definition) is 5. The number of anilines is 1. The molecule has 0 amide bonds. The first kappa shape index (κ1) is 12.1. The molecule has 1 heterocycles. The molecule has 3 aromatic rings. The fraction of sp³-hybridized carbons (Fsp3) is 0. The van der Waals surface area contributed by atoms with Crippen molar-refractivity contribution < 1.29 is 14.6 Å². The largest absolute Gasteiger partial charge is 0.508 e. The Hall–Kier alpha value is -2.95. The molecule has 20 heavy (non-hydrogen) atoms. The Labute approximate surface area is 113 Å². The lowest BCUT2D eigenvalue weighted by atomic mass is 10.1. The third kappa shape index (κ3) is 1.85. The summed E-state index contributed by atoms with van der Waals surface area (Å²) >= 11 is 0. The molecule has 0 saturated carbocycles. The Kier molecular flexibility index (Phi) is 2.61. The van der Waals surface area contributed by atoms with Crippen molar-refractivity contribution >= 4 is 16.7 Å². The number of phenols is 2. The molecule has 0 unspecified atom stereocenters. The highest BCUT2D eigenvalue weighted by molar-refractivity contribution is 5.89. The van der Waals surface area contributed by atoms with E-state index in [-0.39, 0.29) is 22.7 Å². The van der Waals surface area contributed by atoms with Crippen LogP contribution in [0.2, 0.25) is 0 Å². The number of hydrogen-bond donors (Lipinski definition) is 3. The molecule has 0 saturated heterocycles. The van der Waals surface area contributed by atoms with Crippen LogP contribution < -0.4 is 11.2 Å². The van der Waals surface area contributed by atoms with E-state index in [1.807, 2.05) is 0 Å². The number of nitrogen functional groups attached to an aromatic ring is 1. The predicted molar refractivity (Wildman–Crippen MR) is 75.7 cm³/mol. The Morgan fingerprint density at radius 1 is 1.05 bits per heavy atom. The molecule has 0 aliphatic rings. The van der Waals surface area contributed by atoms with Gasteiger partial charge in [-0.15, -0.1) is 0 Å². The highest BCUT2D eigenvalue weighted by Crippen LogP contribution is 2.33. The number of aromatic hydroxyl groups is 2. The first-order valence-electron chi connectivity index (χ1n) is 5.91. The summed E-state index contributed by atoms with van der Waals surface area (Å²) in [5.74, 6) is -0.0272. The molecule has 0 bridgehead atoms. The van der Waals surface area contributed by atoms with Gasteiger partial charge in [-0.05, 0) is 24.3 Å². The summed E-state index contributed by atoms with van der Waals surface area (Å²) in [5.41, 5.74) is 6.48. The number of rotatable bonds is 1. The van der Waals surface area contributed by atoms with Gasteiger partial charge in [0.25, 0.3) is 0 Å². The summed E-state index contributed by atoms with van der Waals surface area (Å²) in [7, 11) is 0. The van der Waals surface area contributed by atoms with Crippen molar-refractivity contribution in [1.82, 2.24) is 0 Å². The highest BCUT2D eigenvalue weighted by atomic mass is 16.3. The zero-order chi connectivity index (χ0) is 14.3. The first-order valence-corrected chi connectivity index (χ1v) is 5.91. The van der Waals surface area contributed by atoms with Gasteiger partial charge in [-0.2, -0.15) is 0 Å². The molecule has 0 spiro atoms. The van der Waals surface area contributed by atoms with Gasteiger partial charge in [0.05, 0.1) is 10.9 Å². The monoisotopic (exact) mass is 269 g/mol. The summed E-state index contributed by atoms with van der Waals surface area (Å²) in [4.78, 5) is 12.1. The zero-order valence-corrected chi connectivity index (χ0v) is 10.3. The topological polar surface area (TPSA) is 96.7 Å². The average molecular weight is 269 g/mol. The average Bonchev–Trinajstić information content (AvgIpc) is 2.38. The predicted octanol–water partition coefficient (Wildman–Crippen LogP) is 2.45. The lowest BCUT2D eigenvalue weighted by Crippen LogP contribution is -2.03. The summed E-state index contributed by atoms with van der Waals surface area (Å²) < 4.78 is 5.61. The van der Waals surface area contributed by atoms with Gasteiger partial charge in [-0.3, -0.25) is 4.79 Å². The van der Waals surface area contributed by atoms with Crippen molar-refractivity contribution in [3.8, 4) is 22.8 Å². The van der Waals surface area contributed by atoms with Crippen LogP contribution in [0.15, 0.2) is 51.7 Å². The Balaban J connectivity index is 2.31. The minimum atomic E-state index is -0.285. The Morgan fingerprint density at radius 3 is 2.60 bits per heavy atom. The van der Waals surface area contributed by atoms with Gasteiger partial charge < -0.3 is 20.4 Å². The summed E-state index contributed by atoms with van der Waals surface area (Å²) in [6.45, 7) is 0. The van der Waals surface area contributed by atoms with Crippen molar-refractivity contribution in [2.45, 2.75) is 0 Å². The zero-order valence-electron chi connectivity index (χ0n) is 10.3. The SMILES string of the molecule is Nc1cccc2oc(-c3ccc(O)cc3O)cc(=O)c12. The van der Waals surface area contributed by atoms with Gasteiger partial charge in [0.15, 0.2) is 5.43 Å². The fourth-order valence-electron chi connectivity index (χ4n) is 2.10. The first-order chi connectivity index (χ1) is 9.56. The number of benzene rings is 2. The molecule has 2 aromatic carbocycles. The minimum absolute atomic E-state index is 0.0707. The van der Waals surface area contributed by atoms with E-state index >= 15 is 0 Å². The quantitative estimate of drug-likeness (QED) is 0.589. The van der Waals surface area contributed by atoms with Crippen LogP contribution in [0, 0.1) is 0 Å². The van der Waals surface area contributed by atoms with Crippen LogP contribution >= 0.6 is 0 Å². The van der Waals surface area contributed by atoms with Crippen LogP contribution in [0.5, 0.6) is 11.5 Å². The van der Waals surface area contributed by atoms with Crippen LogP contribution in [0.3, 0.4) is 0 Å². The molecule has 0 atom stereocenters. The van der Waals surface area contributed by atoms with Crippen molar-refractivity contribution in [1.29, 1.82) is 0 Å². The van der Waals surface area contributed by atoms with E-state index in [9.17, 15) is 15.0 Å². The van der Waals surface area contributed by atoms with Crippen molar-refractivity contribution in [3.63, 3.8) is 0 Å². The van der Waals surface area contributed by atoms with E-state index in [0.717, 1.165) is 0 Å². The molecule has 0 aliphatic carbocycles. The van der Waals surface area contributed by atoms with Crippen LogP contribution in [0.25, 0.3) is 22.3 Å².